The van der Waals surface area contributed by atoms with Gasteiger partial charge in [-0.2, -0.15) is 0 Å². The van der Waals surface area contributed by atoms with E-state index in [1.807, 2.05) is 60.7 Å². The first-order chi connectivity index (χ1) is 18.4. The molecule has 0 spiro atoms. The Hall–Kier alpha value is -3.71. The quantitative estimate of drug-likeness (QED) is 0.218. The maximum absolute atomic E-state index is 12.8. The number of ether oxygens (including phenoxy) is 1. The van der Waals surface area contributed by atoms with Crippen LogP contribution < -0.4 is 10.6 Å². The summed E-state index contributed by atoms with van der Waals surface area (Å²) >= 11 is 0. The first-order valence-electron chi connectivity index (χ1n) is 13.0. The number of carbonyl (C=O) groups excluding carboxylic acids is 3. The van der Waals surface area contributed by atoms with Crippen LogP contribution in [0, 0.1) is 11.8 Å². The van der Waals surface area contributed by atoms with Gasteiger partial charge in [0.05, 0.1) is 31.0 Å². The largest absolute Gasteiger partial charge is 0.461 e. The summed E-state index contributed by atoms with van der Waals surface area (Å²) in [5.41, 5.74) is 2.03. The van der Waals surface area contributed by atoms with Crippen LogP contribution in [0.4, 0.5) is 0 Å². The highest BCUT2D eigenvalue weighted by atomic mass is 16.5. The Morgan fingerprint density at radius 3 is 2.00 bits per heavy atom. The molecule has 0 heterocycles. The topological polar surface area (TPSA) is 105 Å². The van der Waals surface area contributed by atoms with Crippen LogP contribution in [0.1, 0.15) is 37.3 Å². The molecule has 0 aliphatic heterocycles. The Morgan fingerprint density at radius 1 is 0.895 bits per heavy atom. The molecule has 4 atom stereocenters. The van der Waals surface area contributed by atoms with E-state index in [9.17, 15) is 19.5 Å². The minimum Gasteiger partial charge on any atom is -0.461 e. The molecule has 0 bridgehead atoms. The predicted octanol–water partition coefficient (Wildman–Crippen LogP) is 3.77. The van der Waals surface area contributed by atoms with Crippen molar-refractivity contribution in [1.82, 2.24) is 10.6 Å². The number of amides is 2. The van der Waals surface area contributed by atoms with Crippen molar-refractivity contribution in [2.45, 2.75) is 51.2 Å². The van der Waals surface area contributed by atoms with Crippen LogP contribution in [0.15, 0.2) is 86.0 Å². The van der Waals surface area contributed by atoms with Gasteiger partial charge in [-0.15, -0.1) is 13.2 Å². The Morgan fingerprint density at radius 2 is 1.45 bits per heavy atom. The smallest absolute Gasteiger partial charge is 0.309 e. The summed E-state index contributed by atoms with van der Waals surface area (Å²) in [4.78, 5) is 38.3. The zero-order chi connectivity index (χ0) is 27.8. The van der Waals surface area contributed by atoms with Crippen LogP contribution in [0.3, 0.4) is 0 Å². The Balaban J connectivity index is 1.85. The normalized spacial score (nSPS) is 13.8. The summed E-state index contributed by atoms with van der Waals surface area (Å²) in [7, 11) is 0. The molecule has 2 rings (SSSR count). The van der Waals surface area contributed by atoms with Gasteiger partial charge in [0.2, 0.25) is 11.8 Å². The van der Waals surface area contributed by atoms with Crippen molar-refractivity contribution in [1.29, 1.82) is 0 Å². The number of carbonyl (C=O) groups is 3. The summed E-state index contributed by atoms with van der Waals surface area (Å²) in [6.07, 6.45) is 4.54. The van der Waals surface area contributed by atoms with Gasteiger partial charge in [-0.25, -0.2) is 0 Å². The fourth-order valence-corrected chi connectivity index (χ4v) is 4.14. The minimum absolute atomic E-state index is 0.0458. The predicted molar refractivity (Wildman–Crippen MR) is 149 cm³/mol. The van der Waals surface area contributed by atoms with Gasteiger partial charge in [-0.3, -0.25) is 14.4 Å². The SMILES string of the molecule is C=CC[C@H](CC(=O)N[C@@H](CO)Cc1ccccc1)C(=O)NC[C@H](C)OC(=O)[C@H](CC=C)Cc1ccccc1. The second kappa shape index (κ2) is 16.9. The zero-order valence-corrected chi connectivity index (χ0v) is 22.2. The van der Waals surface area contributed by atoms with Crippen LogP contribution in [-0.2, 0) is 32.0 Å². The standard InChI is InChI=1S/C31H40N2O5/c1-4-12-26(20-29(35)33-28(22-34)19-25-16-10-7-11-17-25)30(36)32-21-23(3)38-31(37)27(13-5-2)18-24-14-8-6-9-15-24/h4-11,14-17,23,26-28,34H,1-2,12-13,18-22H2,3H3,(H,32,36)(H,33,35)/t23-,26+,27+,28+/m0/s1. The number of aliphatic hydroxyl groups is 1. The van der Waals surface area contributed by atoms with Gasteiger partial charge in [0.25, 0.3) is 0 Å². The average Bonchev–Trinajstić information content (AvgIpc) is 2.92. The molecule has 0 unspecified atom stereocenters. The third-order valence-electron chi connectivity index (χ3n) is 6.15. The molecule has 0 saturated carbocycles. The maximum atomic E-state index is 12.8. The fraction of sp³-hybridized carbons (Fsp3) is 0.387. The number of nitrogens with one attached hydrogen (secondary N) is 2. The first kappa shape index (κ1) is 30.5. The molecular weight excluding hydrogens is 480 g/mol. The van der Waals surface area contributed by atoms with E-state index in [1.54, 1.807) is 19.1 Å². The molecule has 3 N–H and O–H groups in total. The molecule has 7 nitrogen and oxygen atoms in total. The monoisotopic (exact) mass is 520 g/mol. The Labute approximate surface area is 226 Å². The van der Waals surface area contributed by atoms with E-state index in [2.05, 4.69) is 23.8 Å². The van der Waals surface area contributed by atoms with Crippen molar-refractivity contribution in [2.24, 2.45) is 11.8 Å². The molecule has 0 saturated heterocycles. The van der Waals surface area contributed by atoms with Gasteiger partial charge in [0, 0.05) is 6.42 Å². The molecule has 0 aliphatic rings. The first-order valence-corrected chi connectivity index (χ1v) is 13.0. The van der Waals surface area contributed by atoms with Gasteiger partial charge in [0.15, 0.2) is 0 Å². The lowest BCUT2D eigenvalue weighted by atomic mass is 9.96. The number of esters is 1. The number of hydrogen-bond acceptors (Lipinski definition) is 5. The second-order valence-electron chi connectivity index (χ2n) is 9.47. The Bertz CT molecular complexity index is 1030. The van der Waals surface area contributed by atoms with E-state index < -0.39 is 18.1 Å². The molecule has 204 valence electrons. The summed E-state index contributed by atoms with van der Waals surface area (Å²) in [5, 5.41) is 15.3. The average molecular weight is 521 g/mol. The van der Waals surface area contributed by atoms with Crippen molar-refractivity contribution in [3.8, 4) is 0 Å². The lowest BCUT2D eigenvalue weighted by Gasteiger charge is -2.21. The molecule has 2 amide bonds. The molecule has 0 fully saturated rings. The molecule has 7 heteroatoms. The van der Waals surface area contributed by atoms with E-state index >= 15 is 0 Å². The van der Waals surface area contributed by atoms with E-state index in [4.69, 9.17) is 4.74 Å². The molecule has 0 radical (unpaired) electrons. The van der Waals surface area contributed by atoms with Crippen molar-refractivity contribution in [3.05, 3.63) is 97.1 Å². The van der Waals surface area contributed by atoms with Gasteiger partial charge in [-0.1, -0.05) is 72.8 Å². The van der Waals surface area contributed by atoms with Crippen LogP contribution in [0.25, 0.3) is 0 Å². The van der Waals surface area contributed by atoms with Gasteiger partial charge in [0.1, 0.15) is 6.10 Å². The van der Waals surface area contributed by atoms with Crippen molar-refractivity contribution in [3.63, 3.8) is 0 Å². The number of benzene rings is 2. The van der Waals surface area contributed by atoms with Crippen LogP contribution in [-0.4, -0.2) is 48.2 Å². The third-order valence-corrected chi connectivity index (χ3v) is 6.15. The molecular formula is C31H40N2O5. The van der Waals surface area contributed by atoms with Gasteiger partial charge >= 0.3 is 5.97 Å². The van der Waals surface area contributed by atoms with Crippen molar-refractivity contribution < 1.29 is 24.2 Å². The summed E-state index contributed by atoms with van der Waals surface area (Å²) in [6.45, 7) is 9.08. The highest BCUT2D eigenvalue weighted by Gasteiger charge is 2.25. The zero-order valence-electron chi connectivity index (χ0n) is 22.2. The van der Waals surface area contributed by atoms with Crippen LogP contribution in [0.5, 0.6) is 0 Å². The number of rotatable bonds is 17. The fourth-order valence-electron chi connectivity index (χ4n) is 4.14. The molecule has 0 aliphatic carbocycles. The van der Waals surface area contributed by atoms with Crippen molar-refractivity contribution >= 4 is 17.8 Å². The van der Waals surface area contributed by atoms with Crippen molar-refractivity contribution in [2.75, 3.05) is 13.2 Å². The highest BCUT2D eigenvalue weighted by Crippen LogP contribution is 2.16. The molecule has 2 aromatic rings. The van der Waals surface area contributed by atoms with Crippen LogP contribution >= 0.6 is 0 Å². The maximum Gasteiger partial charge on any atom is 0.309 e. The lowest BCUT2D eigenvalue weighted by Crippen LogP contribution is -2.42. The van der Waals surface area contributed by atoms with Gasteiger partial charge in [-0.05, 0) is 43.7 Å². The van der Waals surface area contributed by atoms with E-state index in [0.717, 1.165) is 11.1 Å². The van der Waals surface area contributed by atoms with E-state index in [-0.39, 0.29) is 43.3 Å². The molecule has 2 aromatic carbocycles. The lowest BCUT2D eigenvalue weighted by molar-refractivity contribution is -0.153. The second-order valence-corrected chi connectivity index (χ2v) is 9.47. The minimum atomic E-state index is -0.627. The summed E-state index contributed by atoms with van der Waals surface area (Å²) in [5.74, 6) is -1.97. The number of allylic oxidation sites excluding steroid dienone is 2. The molecule has 38 heavy (non-hydrogen) atoms. The molecule has 0 aromatic heterocycles. The third kappa shape index (κ3) is 11.1. The number of hydrogen-bond donors (Lipinski definition) is 3. The van der Waals surface area contributed by atoms with Crippen LogP contribution in [0.2, 0.25) is 0 Å². The van der Waals surface area contributed by atoms with E-state index in [0.29, 0.717) is 25.7 Å². The highest BCUT2D eigenvalue weighted by molar-refractivity contribution is 5.86. The number of aliphatic hydroxyl groups excluding tert-OH is 1. The van der Waals surface area contributed by atoms with Gasteiger partial charge < -0.3 is 20.5 Å². The van der Waals surface area contributed by atoms with E-state index in [1.165, 1.54) is 0 Å². The summed E-state index contributed by atoms with van der Waals surface area (Å²) in [6, 6.07) is 18.8. The Kier molecular flexibility index (Phi) is 13.6. The summed E-state index contributed by atoms with van der Waals surface area (Å²) < 4.78 is 5.60.